The zero-order chi connectivity index (χ0) is 17.0. The minimum Gasteiger partial charge on any atom is -0.469 e. The van der Waals surface area contributed by atoms with Gasteiger partial charge in [0.15, 0.2) is 5.79 Å². The van der Waals surface area contributed by atoms with Crippen LogP contribution in [0.3, 0.4) is 0 Å². The standard InChI is InChI=1S/C12H16O2.C7H14O2/c1-14-12(13)10-6-5-9-11-7-3-2-4-8-11;8-7(9)5-3-1-2-4-6-7/h2-4,7-8H,5-6,9-10H2,1H3;8-9H,1-6H2. The SMILES string of the molecule is COC(=O)CCCCc1ccccc1.OC1(O)CCCCCC1. The number of hydrogen-bond acceptors (Lipinski definition) is 4. The normalized spacial score (nSPS) is 16.7. The third-order valence-corrected chi connectivity index (χ3v) is 4.07. The Morgan fingerprint density at radius 2 is 1.65 bits per heavy atom. The van der Waals surface area contributed by atoms with Gasteiger partial charge in [0.1, 0.15) is 0 Å². The van der Waals surface area contributed by atoms with Gasteiger partial charge in [-0.1, -0.05) is 43.2 Å². The predicted octanol–water partition coefficient (Wildman–Crippen LogP) is 3.59. The molecule has 1 aliphatic carbocycles. The van der Waals surface area contributed by atoms with Crippen molar-refractivity contribution in [2.75, 3.05) is 7.11 Å². The van der Waals surface area contributed by atoms with E-state index in [0.717, 1.165) is 44.9 Å². The summed E-state index contributed by atoms with van der Waals surface area (Å²) in [5.74, 6) is -1.45. The van der Waals surface area contributed by atoms with Crippen molar-refractivity contribution in [2.24, 2.45) is 0 Å². The van der Waals surface area contributed by atoms with Gasteiger partial charge in [-0.25, -0.2) is 0 Å². The molecule has 1 fully saturated rings. The van der Waals surface area contributed by atoms with Crippen LogP contribution in [-0.2, 0) is 16.0 Å². The van der Waals surface area contributed by atoms with Gasteiger partial charge in [-0.2, -0.15) is 0 Å². The number of aryl methyl sites for hydroxylation is 1. The fraction of sp³-hybridized carbons (Fsp3) is 0.632. The smallest absolute Gasteiger partial charge is 0.305 e. The molecule has 0 heterocycles. The molecule has 0 amide bonds. The summed E-state index contributed by atoms with van der Waals surface area (Å²) >= 11 is 0. The lowest BCUT2D eigenvalue weighted by Crippen LogP contribution is -2.26. The van der Waals surface area contributed by atoms with E-state index >= 15 is 0 Å². The maximum absolute atomic E-state index is 10.8. The lowest BCUT2D eigenvalue weighted by atomic mass is 10.1. The van der Waals surface area contributed by atoms with Crippen LogP contribution >= 0.6 is 0 Å². The molecule has 1 saturated carbocycles. The van der Waals surface area contributed by atoms with Crippen LogP contribution in [-0.4, -0.2) is 29.1 Å². The molecule has 0 aromatic heterocycles. The summed E-state index contributed by atoms with van der Waals surface area (Å²) in [6.45, 7) is 0. The first kappa shape index (κ1) is 19.7. The molecule has 2 N–H and O–H groups in total. The van der Waals surface area contributed by atoms with Crippen LogP contribution in [0.2, 0.25) is 0 Å². The molecule has 1 aromatic carbocycles. The van der Waals surface area contributed by atoms with Gasteiger partial charge in [-0.05, 0) is 37.7 Å². The zero-order valence-electron chi connectivity index (χ0n) is 14.2. The van der Waals surface area contributed by atoms with Crippen molar-refractivity contribution in [2.45, 2.75) is 70.0 Å². The number of carbonyl (C=O) groups is 1. The highest BCUT2D eigenvalue weighted by molar-refractivity contribution is 5.68. The minimum absolute atomic E-state index is 0.113. The molecule has 0 saturated heterocycles. The highest BCUT2D eigenvalue weighted by Crippen LogP contribution is 2.23. The van der Waals surface area contributed by atoms with Crippen LogP contribution in [0.4, 0.5) is 0 Å². The molecule has 0 spiro atoms. The highest BCUT2D eigenvalue weighted by atomic mass is 16.5. The van der Waals surface area contributed by atoms with Crippen LogP contribution < -0.4 is 0 Å². The third kappa shape index (κ3) is 10.1. The molecular weight excluding hydrogens is 292 g/mol. The summed E-state index contributed by atoms with van der Waals surface area (Å²) in [5.41, 5.74) is 1.33. The number of carbonyl (C=O) groups excluding carboxylic acids is 1. The Labute approximate surface area is 139 Å². The fourth-order valence-corrected chi connectivity index (χ4v) is 2.64. The molecule has 23 heavy (non-hydrogen) atoms. The second-order valence-corrected chi connectivity index (χ2v) is 6.17. The van der Waals surface area contributed by atoms with Crippen molar-refractivity contribution >= 4 is 5.97 Å². The Morgan fingerprint density at radius 1 is 1.04 bits per heavy atom. The maximum Gasteiger partial charge on any atom is 0.305 e. The number of methoxy groups -OCH3 is 1. The first-order valence-electron chi connectivity index (χ1n) is 8.59. The van der Waals surface area contributed by atoms with Crippen molar-refractivity contribution in [3.05, 3.63) is 35.9 Å². The largest absolute Gasteiger partial charge is 0.469 e. The highest BCUT2D eigenvalue weighted by Gasteiger charge is 2.23. The van der Waals surface area contributed by atoms with E-state index in [1.54, 1.807) is 0 Å². The van der Waals surface area contributed by atoms with Gasteiger partial charge in [0, 0.05) is 19.3 Å². The van der Waals surface area contributed by atoms with E-state index in [1.165, 1.54) is 12.7 Å². The monoisotopic (exact) mass is 322 g/mol. The van der Waals surface area contributed by atoms with Crippen molar-refractivity contribution < 1.29 is 19.7 Å². The number of aliphatic hydroxyl groups is 2. The van der Waals surface area contributed by atoms with Crippen LogP contribution in [0.15, 0.2) is 30.3 Å². The summed E-state index contributed by atoms with van der Waals surface area (Å²) in [7, 11) is 1.43. The quantitative estimate of drug-likeness (QED) is 0.376. The van der Waals surface area contributed by atoms with Gasteiger partial charge in [-0.15, -0.1) is 0 Å². The fourth-order valence-electron chi connectivity index (χ4n) is 2.64. The number of hydrogen-bond donors (Lipinski definition) is 2. The number of unbranched alkanes of at least 4 members (excludes halogenated alkanes) is 1. The number of ether oxygens (including phenoxy) is 1. The molecule has 0 unspecified atom stereocenters. The van der Waals surface area contributed by atoms with Crippen molar-refractivity contribution in [3.63, 3.8) is 0 Å². The van der Waals surface area contributed by atoms with Crippen LogP contribution in [0.5, 0.6) is 0 Å². The Kier molecular flexibility index (Phi) is 9.57. The molecule has 2 rings (SSSR count). The van der Waals surface area contributed by atoms with Crippen LogP contribution in [0, 0.1) is 0 Å². The summed E-state index contributed by atoms with van der Waals surface area (Å²) < 4.78 is 4.56. The summed E-state index contributed by atoms with van der Waals surface area (Å²) in [4.78, 5) is 10.8. The minimum atomic E-state index is -1.34. The molecule has 1 aliphatic rings. The second kappa shape index (κ2) is 11.2. The van der Waals surface area contributed by atoms with Crippen LogP contribution in [0.1, 0.15) is 63.4 Å². The average molecular weight is 322 g/mol. The molecule has 0 aliphatic heterocycles. The van der Waals surface area contributed by atoms with Gasteiger partial charge in [0.2, 0.25) is 0 Å². The lowest BCUT2D eigenvalue weighted by Gasteiger charge is -2.17. The molecule has 0 atom stereocenters. The Morgan fingerprint density at radius 3 is 2.22 bits per heavy atom. The first-order valence-corrected chi connectivity index (χ1v) is 8.59. The maximum atomic E-state index is 10.8. The van der Waals surface area contributed by atoms with Crippen molar-refractivity contribution in [1.29, 1.82) is 0 Å². The third-order valence-electron chi connectivity index (χ3n) is 4.07. The van der Waals surface area contributed by atoms with E-state index < -0.39 is 5.79 Å². The molecule has 130 valence electrons. The predicted molar refractivity (Wildman–Crippen MR) is 90.9 cm³/mol. The number of rotatable bonds is 5. The van der Waals surface area contributed by atoms with Gasteiger partial charge >= 0.3 is 5.97 Å². The van der Waals surface area contributed by atoms with E-state index in [2.05, 4.69) is 16.9 Å². The van der Waals surface area contributed by atoms with Crippen LogP contribution in [0.25, 0.3) is 0 Å². The first-order chi connectivity index (χ1) is 11.0. The zero-order valence-corrected chi connectivity index (χ0v) is 14.2. The molecular formula is C19H30O4. The number of benzene rings is 1. The lowest BCUT2D eigenvalue weighted by molar-refractivity contribution is -0.168. The summed E-state index contributed by atoms with van der Waals surface area (Å²) in [5, 5.41) is 18.2. The molecule has 1 aromatic rings. The second-order valence-electron chi connectivity index (χ2n) is 6.17. The average Bonchev–Trinajstić information content (AvgIpc) is 2.76. The van der Waals surface area contributed by atoms with Gasteiger partial charge in [0.05, 0.1) is 7.11 Å². The van der Waals surface area contributed by atoms with Crippen molar-refractivity contribution in [1.82, 2.24) is 0 Å². The Hall–Kier alpha value is -1.39. The van der Waals surface area contributed by atoms with Gasteiger partial charge in [0.25, 0.3) is 0 Å². The summed E-state index contributed by atoms with van der Waals surface area (Å²) in [6.07, 6.45) is 8.88. The van der Waals surface area contributed by atoms with E-state index in [4.69, 9.17) is 10.2 Å². The molecule has 0 bridgehead atoms. The van der Waals surface area contributed by atoms with E-state index in [0.29, 0.717) is 19.3 Å². The van der Waals surface area contributed by atoms with Gasteiger partial charge < -0.3 is 14.9 Å². The van der Waals surface area contributed by atoms with Crippen molar-refractivity contribution in [3.8, 4) is 0 Å². The Bertz CT molecular complexity index is 418. The van der Waals surface area contributed by atoms with E-state index in [-0.39, 0.29) is 5.97 Å². The molecule has 0 radical (unpaired) electrons. The van der Waals surface area contributed by atoms with E-state index in [9.17, 15) is 4.79 Å². The Balaban J connectivity index is 0.000000253. The van der Waals surface area contributed by atoms with E-state index in [1.807, 2.05) is 18.2 Å². The topological polar surface area (TPSA) is 66.8 Å². The summed E-state index contributed by atoms with van der Waals surface area (Å²) in [6, 6.07) is 10.3. The molecule has 4 heteroatoms. The number of esters is 1. The van der Waals surface area contributed by atoms with Gasteiger partial charge in [-0.3, -0.25) is 4.79 Å². The molecule has 4 nitrogen and oxygen atoms in total.